The van der Waals surface area contributed by atoms with Gasteiger partial charge >= 0.3 is 0 Å². The smallest absolute Gasteiger partial charge is 0.176 e. The molecule has 2 fully saturated rings. The minimum atomic E-state index is -0.185. The molecule has 5 heteroatoms. The fraction of sp³-hybridized carbons (Fsp3) is 0.481. The second-order valence-corrected chi connectivity index (χ2v) is 9.42. The summed E-state index contributed by atoms with van der Waals surface area (Å²) in [5.74, 6) is 1.12. The number of rotatable bonds is 8. The number of halogens is 1. The zero-order chi connectivity index (χ0) is 22.3. The summed E-state index contributed by atoms with van der Waals surface area (Å²) in [6, 6.07) is 16.3. The van der Waals surface area contributed by atoms with E-state index < -0.39 is 0 Å². The van der Waals surface area contributed by atoms with Crippen LogP contribution in [-0.4, -0.2) is 48.7 Å². The van der Waals surface area contributed by atoms with E-state index in [1.807, 2.05) is 42.5 Å². The fourth-order valence-corrected chi connectivity index (χ4v) is 5.24. The second kappa shape index (κ2) is 11.0. The topological polar surface area (TPSA) is 49.4 Å². The Morgan fingerprint density at radius 3 is 2.62 bits per heavy atom. The molecule has 1 saturated heterocycles. The fourth-order valence-electron chi connectivity index (χ4n) is 5.24. The average molecular weight is 437 g/mol. The summed E-state index contributed by atoms with van der Waals surface area (Å²) in [6.07, 6.45) is 5.39. The van der Waals surface area contributed by atoms with Gasteiger partial charge < -0.3 is 10.2 Å². The SMILES string of the molecule is O=C1CC[C@@H](CN2CCC[C@@H](Cc3ccc(F)cc3)C2)[C@H](NCC(=O)c2ccccc2)C1. The molecule has 170 valence electrons. The number of nitrogens with one attached hydrogen (secondary N) is 1. The zero-order valence-electron chi connectivity index (χ0n) is 18.6. The van der Waals surface area contributed by atoms with Crippen LogP contribution in [0.5, 0.6) is 0 Å². The molecule has 4 nitrogen and oxygen atoms in total. The lowest BCUT2D eigenvalue weighted by Gasteiger charge is -2.39. The van der Waals surface area contributed by atoms with E-state index in [1.165, 1.54) is 18.4 Å². The van der Waals surface area contributed by atoms with E-state index in [1.54, 1.807) is 12.1 Å². The van der Waals surface area contributed by atoms with Crippen molar-refractivity contribution in [3.8, 4) is 0 Å². The Balaban J connectivity index is 1.31. The van der Waals surface area contributed by atoms with Crippen LogP contribution < -0.4 is 5.32 Å². The first-order chi connectivity index (χ1) is 15.6. The highest BCUT2D eigenvalue weighted by atomic mass is 19.1. The van der Waals surface area contributed by atoms with Crippen LogP contribution in [0.1, 0.15) is 48.0 Å². The molecule has 0 aromatic heterocycles. The summed E-state index contributed by atoms with van der Waals surface area (Å²) in [7, 11) is 0. The van der Waals surface area contributed by atoms with Crippen molar-refractivity contribution in [1.82, 2.24) is 10.2 Å². The number of carbonyl (C=O) groups is 2. The van der Waals surface area contributed by atoms with Crippen LogP contribution in [0.4, 0.5) is 4.39 Å². The highest BCUT2D eigenvalue weighted by Gasteiger charge is 2.32. The number of benzene rings is 2. The van der Waals surface area contributed by atoms with Crippen LogP contribution in [0, 0.1) is 17.7 Å². The van der Waals surface area contributed by atoms with Crippen molar-refractivity contribution in [2.45, 2.75) is 44.6 Å². The summed E-state index contributed by atoms with van der Waals surface area (Å²) >= 11 is 0. The molecular formula is C27H33FN2O2. The number of hydrogen-bond donors (Lipinski definition) is 1. The normalized spacial score (nSPS) is 24.4. The molecule has 4 rings (SSSR count). The minimum Gasteiger partial charge on any atom is -0.306 e. The third-order valence-corrected chi connectivity index (χ3v) is 6.96. The van der Waals surface area contributed by atoms with Gasteiger partial charge in [-0.1, -0.05) is 42.5 Å². The molecule has 1 N–H and O–H groups in total. The number of nitrogens with zero attached hydrogens (tertiary/aromatic N) is 1. The van der Waals surface area contributed by atoms with Crippen molar-refractivity contribution in [3.05, 3.63) is 71.5 Å². The second-order valence-electron chi connectivity index (χ2n) is 9.42. The quantitative estimate of drug-likeness (QED) is 0.627. The van der Waals surface area contributed by atoms with Gasteiger partial charge in [0.2, 0.25) is 0 Å². The molecule has 1 heterocycles. The standard InChI is InChI=1S/C27H33FN2O2/c28-24-11-8-20(9-12-24)15-21-5-4-14-30(18-21)19-23-10-13-25(31)16-26(23)29-17-27(32)22-6-2-1-3-7-22/h1-3,6-9,11-12,21,23,26,29H,4-5,10,13-19H2/t21-,23-,26+/m0/s1. The van der Waals surface area contributed by atoms with Crippen molar-refractivity contribution < 1.29 is 14.0 Å². The summed E-state index contributed by atoms with van der Waals surface area (Å²) in [4.78, 5) is 27.2. The summed E-state index contributed by atoms with van der Waals surface area (Å²) in [6.45, 7) is 3.35. The number of carbonyl (C=O) groups excluding carboxylic acids is 2. The van der Waals surface area contributed by atoms with Gasteiger partial charge in [-0.15, -0.1) is 0 Å². The summed E-state index contributed by atoms with van der Waals surface area (Å²) in [5, 5.41) is 3.41. The Hall–Kier alpha value is -2.37. The maximum atomic E-state index is 13.2. The molecule has 1 saturated carbocycles. The third kappa shape index (κ3) is 6.33. The van der Waals surface area contributed by atoms with Crippen LogP contribution in [0.15, 0.2) is 54.6 Å². The van der Waals surface area contributed by atoms with Gasteiger partial charge in [-0.2, -0.15) is 0 Å². The molecule has 2 aromatic rings. The highest BCUT2D eigenvalue weighted by molar-refractivity contribution is 5.97. The first-order valence-corrected chi connectivity index (χ1v) is 11.9. The Kier molecular flexibility index (Phi) is 7.82. The van der Waals surface area contributed by atoms with Gasteiger partial charge in [-0.25, -0.2) is 4.39 Å². The number of Topliss-reactive ketones (excluding diaryl/α,β-unsaturated/α-hetero) is 2. The molecule has 3 atom stereocenters. The molecule has 0 bridgehead atoms. The van der Waals surface area contributed by atoms with Gasteiger partial charge in [0.1, 0.15) is 11.6 Å². The number of piperidine rings is 1. The first-order valence-electron chi connectivity index (χ1n) is 11.9. The van der Waals surface area contributed by atoms with E-state index in [-0.39, 0.29) is 24.2 Å². The molecule has 2 aliphatic rings. The van der Waals surface area contributed by atoms with Gasteiger partial charge in [0.15, 0.2) is 5.78 Å². The third-order valence-electron chi connectivity index (χ3n) is 6.96. The Labute approximate surface area is 190 Å². The number of ketones is 2. The van der Waals surface area contributed by atoms with Crippen molar-refractivity contribution in [1.29, 1.82) is 0 Å². The zero-order valence-corrected chi connectivity index (χ0v) is 18.6. The molecule has 1 aliphatic heterocycles. The molecule has 0 radical (unpaired) electrons. The van der Waals surface area contributed by atoms with Crippen molar-refractivity contribution >= 4 is 11.6 Å². The summed E-state index contributed by atoms with van der Waals surface area (Å²) < 4.78 is 13.2. The predicted octanol–water partition coefficient (Wildman–Crippen LogP) is 4.29. The van der Waals surface area contributed by atoms with Crippen LogP contribution in [-0.2, 0) is 11.2 Å². The molecule has 0 unspecified atom stereocenters. The van der Waals surface area contributed by atoms with E-state index >= 15 is 0 Å². The largest absolute Gasteiger partial charge is 0.306 e. The van der Waals surface area contributed by atoms with Gasteiger partial charge in [0.25, 0.3) is 0 Å². The maximum Gasteiger partial charge on any atom is 0.176 e. The van der Waals surface area contributed by atoms with E-state index in [2.05, 4.69) is 10.2 Å². The minimum absolute atomic E-state index is 0.0568. The molecular weight excluding hydrogens is 403 g/mol. The average Bonchev–Trinajstić information content (AvgIpc) is 2.81. The van der Waals surface area contributed by atoms with E-state index in [4.69, 9.17) is 0 Å². The van der Waals surface area contributed by atoms with Gasteiger partial charge in [-0.05, 0) is 61.8 Å². The Bertz CT molecular complexity index is 900. The van der Waals surface area contributed by atoms with Gasteiger partial charge in [-0.3, -0.25) is 9.59 Å². The lowest BCUT2D eigenvalue weighted by atomic mass is 9.82. The van der Waals surface area contributed by atoms with Crippen LogP contribution in [0.2, 0.25) is 0 Å². The Morgan fingerprint density at radius 2 is 1.84 bits per heavy atom. The lowest BCUT2D eigenvalue weighted by Crippen LogP contribution is -2.49. The van der Waals surface area contributed by atoms with Gasteiger partial charge in [0.05, 0.1) is 6.54 Å². The first kappa shape index (κ1) is 22.8. The van der Waals surface area contributed by atoms with Crippen LogP contribution in [0.25, 0.3) is 0 Å². The monoisotopic (exact) mass is 436 g/mol. The highest BCUT2D eigenvalue weighted by Crippen LogP contribution is 2.27. The maximum absolute atomic E-state index is 13.2. The molecule has 2 aromatic carbocycles. The predicted molar refractivity (Wildman–Crippen MR) is 124 cm³/mol. The number of likely N-dealkylation sites (tertiary alicyclic amines) is 1. The van der Waals surface area contributed by atoms with E-state index in [0.29, 0.717) is 36.0 Å². The summed E-state index contributed by atoms with van der Waals surface area (Å²) in [5.41, 5.74) is 1.90. The van der Waals surface area contributed by atoms with E-state index in [0.717, 1.165) is 32.5 Å². The van der Waals surface area contributed by atoms with Crippen molar-refractivity contribution in [3.63, 3.8) is 0 Å². The molecule has 1 aliphatic carbocycles. The number of hydrogen-bond acceptors (Lipinski definition) is 4. The van der Waals surface area contributed by atoms with Crippen molar-refractivity contribution in [2.75, 3.05) is 26.2 Å². The lowest BCUT2D eigenvalue weighted by molar-refractivity contribution is -0.122. The molecule has 32 heavy (non-hydrogen) atoms. The van der Waals surface area contributed by atoms with Gasteiger partial charge in [0, 0.05) is 37.5 Å². The molecule has 0 amide bonds. The van der Waals surface area contributed by atoms with Crippen molar-refractivity contribution in [2.24, 2.45) is 11.8 Å². The molecule has 0 spiro atoms. The van der Waals surface area contributed by atoms with Crippen LogP contribution >= 0.6 is 0 Å². The van der Waals surface area contributed by atoms with Crippen LogP contribution in [0.3, 0.4) is 0 Å². The Morgan fingerprint density at radius 1 is 1.06 bits per heavy atom. The van der Waals surface area contributed by atoms with E-state index in [9.17, 15) is 14.0 Å².